The van der Waals surface area contributed by atoms with Gasteiger partial charge in [-0.25, -0.2) is 9.78 Å². The molecular formula is C19H26N4O2. The molecule has 0 saturated carbocycles. The number of anilines is 1. The molecule has 0 radical (unpaired) electrons. The van der Waals surface area contributed by atoms with Crippen molar-refractivity contribution in [1.82, 2.24) is 15.2 Å². The summed E-state index contributed by atoms with van der Waals surface area (Å²) in [7, 11) is 3.65. The molecule has 2 N–H and O–H groups in total. The van der Waals surface area contributed by atoms with Crippen LogP contribution in [-0.2, 0) is 13.1 Å². The molecule has 6 nitrogen and oxygen atoms in total. The average molecular weight is 342 g/mol. The van der Waals surface area contributed by atoms with Crippen molar-refractivity contribution in [2.24, 2.45) is 0 Å². The third-order valence-electron chi connectivity index (χ3n) is 4.06. The van der Waals surface area contributed by atoms with Crippen molar-refractivity contribution in [2.45, 2.75) is 33.0 Å². The molecule has 6 heteroatoms. The van der Waals surface area contributed by atoms with Crippen molar-refractivity contribution < 1.29 is 9.53 Å². The molecular weight excluding hydrogens is 316 g/mol. The van der Waals surface area contributed by atoms with Crippen molar-refractivity contribution in [2.75, 3.05) is 19.5 Å². The summed E-state index contributed by atoms with van der Waals surface area (Å²) in [5, 5.41) is 5.65. The van der Waals surface area contributed by atoms with Gasteiger partial charge in [-0.05, 0) is 38.1 Å². The van der Waals surface area contributed by atoms with Gasteiger partial charge in [-0.2, -0.15) is 0 Å². The number of hydrogen-bond acceptors (Lipinski definition) is 4. The van der Waals surface area contributed by atoms with Crippen molar-refractivity contribution in [3.05, 3.63) is 53.7 Å². The van der Waals surface area contributed by atoms with Crippen LogP contribution in [-0.4, -0.2) is 36.1 Å². The Labute approximate surface area is 149 Å². The summed E-state index contributed by atoms with van der Waals surface area (Å²) >= 11 is 0. The first-order chi connectivity index (χ1) is 12.0. The summed E-state index contributed by atoms with van der Waals surface area (Å²) in [5.74, 6) is 0.508. The molecule has 0 aliphatic heterocycles. The van der Waals surface area contributed by atoms with Crippen LogP contribution in [0, 0.1) is 0 Å². The van der Waals surface area contributed by atoms with Crippen molar-refractivity contribution >= 4 is 11.7 Å². The second-order valence-corrected chi connectivity index (χ2v) is 6.17. The summed E-state index contributed by atoms with van der Waals surface area (Å²) in [6.45, 7) is 5.64. The van der Waals surface area contributed by atoms with Crippen LogP contribution in [0.5, 0.6) is 5.88 Å². The van der Waals surface area contributed by atoms with Crippen molar-refractivity contribution in [1.29, 1.82) is 0 Å². The fourth-order valence-corrected chi connectivity index (χ4v) is 2.26. The van der Waals surface area contributed by atoms with Gasteiger partial charge in [-0.1, -0.05) is 24.3 Å². The number of methoxy groups -OCH3 is 1. The van der Waals surface area contributed by atoms with Crippen LogP contribution >= 0.6 is 0 Å². The number of carbonyl (C=O) groups is 1. The van der Waals surface area contributed by atoms with E-state index < -0.39 is 0 Å². The number of nitrogens with zero attached hydrogens (tertiary/aromatic N) is 2. The normalized spacial score (nSPS) is 10.8. The van der Waals surface area contributed by atoms with Crippen LogP contribution in [0.1, 0.15) is 25.0 Å². The van der Waals surface area contributed by atoms with E-state index in [-0.39, 0.29) is 6.03 Å². The summed E-state index contributed by atoms with van der Waals surface area (Å²) in [6.07, 6.45) is 1.56. The van der Waals surface area contributed by atoms with E-state index in [0.29, 0.717) is 24.2 Å². The van der Waals surface area contributed by atoms with Crippen LogP contribution in [0.3, 0.4) is 0 Å². The van der Waals surface area contributed by atoms with Gasteiger partial charge in [0.25, 0.3) is 0 Å². The predicted molar refractivity (Wildman–Crippen MR) is 99.7 cm³/mol. The van der Waals surface area contributed by atoms with E-state index in [1.54, 1.807) is 25.4 Å². The number of benzene rings is 1. The standard InChI is InChI=1S/C19H26N4O2/c1-14(2)23(3)13-16-8-6-5-7-15(16)11-21-19(24)22-17-9-10-18(25-4)20-12-17/h5-10,12,14H,11,13H2,1-4H3,(H2,21,22,24). The Kier molecular flexibility index (Phi) is 6.77. The van der Waals surface area contributed by atoms with Crippen LogP contribution in [0.25, 0.3) is 0 Å². The minimum absolute atomic E-state index is 0.265. The first-order valence-electron chi connectivity index (χ1n) is 8.31. The third-order valence-corrected chi connectivity index (χ3v) is 4.06. The summed E-state index contributed by atoms with van der Waals surface area (Å²) in [4.78, 5) is 18.4. The monoisotopic (exact) mass is 342 g/mol. The van der Waals surface area contributed by atoms with Gasteiger partial charge in [0, 0.05) is 25.2 Å². The van der Waals surface area contributed by atoms with Crippen LogP contribution in [0.4, 0.5) is 10.5 Å². The number of pyridine rings is 1. The molecule has 0 saturated heterocycles. The number of aromatic nitrogens is 1. The summed E-state index contributed by atoms with van der Waals surface area (Å²) < 4.78 is 5.00. The summed E-state index contributed by atoms with van der Waals surface area (Å²) in [6, 6.07) is 11.8. The molecule has 2 amide bonds. The minimum Gasteiger partial charge on any atom is -0.481 e. The first-order valence-corrected chi connectivity index (χ1v) is 8.31. The fraction of sp³-hybridized carbons (Fsp3) is 0.368. The Bertz CT molecular complexity index is 686. The molecule has 134 valence electrons. The van der Waals surface area contributed by atoms with Gasteiger partial charge >= 0.3 is 6.03 Å². The van der Waals surface area contributed by atoms with E-state index in [2.05, 4.69) is 47.5 Å². The molecule has 2 aromatic rings. The highest BCUT2D eigenvalue weighted by atomic mass is 16.5. The fourth-order valence-electron chi connectivity index (χ4n) is 2.26. The Morgan fingerprint density at radius 3 is 2.52 bits per heavy atom. The van der Waals surface area contributed by atoms with E-state index in [1.807, 2.05) is 18.2 Å². The highest BCUT2D eigenvalue weighted by Crippen LogP contribution is 2.13. The number of ether oxygens (including phenoxy) is 1. The summed E-state index contributed by atoms with van der Waals surface area (Å²) in [5.41, 5.74) is 2.94. The van der Waals surface area contributed by atoms with Gasteiger partial charge in [-0.3, -0.25) is 4.90 Å². The Morgan fingerprint density at radius 1 is 1.20 bits per heavy atom. The predicted octanol–water partition coefficient (Wildman–Crippen LogP) is 3.25. The lowest BCUT2D eigenvalue weighted by Gasteiger charge is -2.22. The number of rotatable bonds is 7. The zero-order chi connectivity index (χ0) is 18.2. The maximum absolute atomic E-state index is 12.1. The van der Waals surface area contributed by atoms with Gasteiger partial charge in [0.2, 0.25) is 5.88 Å². The van der Waals surface area contributed by atoms with E-state index in [0.717, 1.165) is 12.1 Å². The largest absolute Gasteiger partial charge is 0.481 e. The molecule has 0 spiro atoms. The third kappa shape index (κ3) is 5.76. The molecule has 0 unspecified atom stereocenters. The smallest absolute Gasteiger partial charge is 0.319 e. The van der Waals surface area contributed by atoms with Crippen LogP contribution in [0.2, 0.25) is 0 Å². The maximum atomic E-state index is 12.1. The molecule has 1 heterocycles. The number of urea groups is 1. The Balaban J connectivity index is 1.92. The van der Waals surface area contributed by atoms with E-state index in [9.17, 15) is 4.79 Å². The van der Waals surface area contributed by atoms with Gasteiger partial charge < -0.3 is 15.4 Å². The Hall–Kier alpha value is -2.60. The molecule has 25 heavy (non-hydrogen) atoms. The van der Waals surface area contributed by atoms with E-state index >= 15 is 0 Å². The molecule has 0 bridgehead atoms. The number of hydrogen-bond donors (Lipinski definition) is 2. The second kappa shape index (κ2) is 9.03. The van der Waals surface area contributed by atoms with Crippen molar-refractivity contribution in [3.63, 3.8) is 0 Å². The van der Waals surface area contributed by atoms with Gasteiger partial charge in [-0.15, -0.1) is 0 Å². The zero-order valence-electron chi connectivity index (χ0n) is 15.2. The number of carbonyl (C=O) groups excluding carboxylic acids is 1. The van der Waals surface area contributed by atoms with Crippen LogP contribution < -0.4 is 15.4 Å². The maximum Gasteiger partial charge on any atom is 0.319 e. The SMILES string of the molecule is COc1ccc(NC(=O)NCc2ccccc2CN(C)C(C)C)cn1. The van der Waals surface area contributed by atoms with Crippen LogP contribution in [0.15, 0.2) is 42.6 Å². The number of nitrogens with one attached hydrogen (secondary N) is 2. The molecule has 0 aliphatic rings. The highest BCUT2D eigenvalue weighted by molar-refractivity contribution is 5.89. The molecule has 1 aromatic heterocycles. The molecule has 0 aliphatic carbocycles. The molecule has 1 aromatic carbocycles. The molecule has 0 atom stereocenters. The topological polar surface area (TPSA) is 66.5 Å². The Morgan fingerprint density at radius 2 is 1.92 bits per heavy atom. The molecule has 0 fully saturated rings. The number of amides is 2. The quantitative estimate of drug-likeness (QED) is 0.810. The zero-order valence-corrected chi connectivity index (χ0v) is 15.2. The lowest BCUT2D eigenvalue weighted by atomic mass is 10.1. The minimum atomic E-state index is -0.265. The van der Waals surface area contributed by atoms with Gasteiger partial charge in [0.15, 0.2) is 0 Å². The lowest BCUT2D eigenvalue weighted by Crippen LogP contribution is -2.30. The van der Waals surface area contributed by atoms with Gasteiger partial charge in [0.1, 0.15) is 0 Å². The van der Waals surface area contributed by atoms with Crippen molar-refractivity contribution in [3.8, 4) is 5.88 Å². The van der Waals surface area contributed by atoms with Gasteiger partial charge in [0.05, 0.1) is 19.0 Å². The lowest BCUT2D eigenvalue weighted by molar-refractivity contribution is 0.251. The second-order valence-electron chi connectivity index (χ2n) is 6.17. The first kappa shape index (κ1) is 18.7. The highest BCUT2D eigenvalue weighted by Gasteiger charge is 2.09. The molecule has 2 rings (SSSR count). The van der Waals surface area contributed by atoms with E-state index in [1.165, 1.54) is 5.56 Å². The van der Waals surface area contributed by atoms with E-state index in [4.69, 9.17) is 4.74 Å². The average Bonchev–Trinajstić information content (AvgIpc) is 2.61.